The van der Waals surface area contributed by atoms with E-state index >= 15 is 0 Å². The molecular formula is C13H16N6. The molecule has 0 unspecified atom stereocenters. The number of anilines is 1. The number of hydrogen-bond donors (Lipinski definition) is 1. The van der Waals surface area contributed by atoms with Crippen LogP contribution in [0.2, 0.25) is 0 Å². The molecule has 98 valence electrons. The summed E-state index contributed by atoms with van der Waals surface area (Å²) in [4.78, 5) is 8.51. The summed E-state index contributed by atoms with van der Waals surface area (Å²) in [5.74, 6) is 2.02. The summed E-state index contributed by atoms with van der Waals surface area (Å²) in [5, 5.41) is 7.60. The Kier molecular flexibility index (Phi) is 2.91. The molecule has 3 aromatic heterocycles. The molecule has 0 aliphatic rings. The van der Waals surface area contributed by atoms with Crippen LogP contribution in [-0.2, 0) is 13.5 Å². The number of nitrogens with zero attached hydrogens (tertiary/aromatic N) is 5. The quantitative estimate of drug-likeness (QED) is 0.767. The molecule has 3 aromatic rings. The Morgan fingerprint density at radius 1 is 1.26 bits per heavy atom. The summed E-state index contributed by atoms with van der Waals surface area (Å²) < 4.78 is 3.84. The molecule has 1 N–H and O–H groups in total. The third-order valence-electron chi connectivity index (χ3n) is 3.10. The summed E-state index contributed by atoms with van der Waals surface area (Å²) in [7, 11) is 2.00. The second-order valence-corrected chi connectivity index (χ2v) is 4.58. The summed E-state index contributed by atoms with van der Waals surface area (Å²) >= 11 is 0. The zero-order chi connectivity index (χ0) is 13.2. The van der Waals surface area contributed by atoms with Gasteiger partial charge in [0.2, 0.25) is 0 Å². The Hall–Kier alpha value is -2.37. The number of imidazole rings is 1. The first-order valence-electron chi connectivity index (χ1n) is 6.24. The second kappa shape index (κ2) is 4.72. The van der Waals surface area contributed by atoms with E-state index in [1.54, 1.807) is 6.33 Å². The number of nitrogens with one attached hydrogen (secondary N) is 1. The van der Waals surface area contributed by atoms with E-state index in [1.165, 1.54) is 5.56 Å². The van der Waals surface area contributed by atoms with E-state index in [-0.39, 0.29) is 0 Å². The first kappa shape index (κ1) is 11.7. The van der Waals surface area contributed by atoms with E-state index in [4.69, 9.17) is 0 Å². The Labute approximate surface area is 111 Å². The van der Waals surface area contributed by atoms with Crippen molar-refractivity contribution in [2.45, 2.75) is 13.3 Å². The molecule has 0 fully saturated rings. The summed E-state index contributed by atoms with van der Waals surface area (Å²) in [6.45, 7) is 2.86. The van der Waals surface area contributed by atoms with Crippen molar-refractivity contribution in [2.24, 2.45) is 7.05 Å². The van der Waals surface area contributed by atoms with Crippen molar-refractivity contribution < 1.29 is 0 Å². The van der Waals surface area contributed by atoms with Crippen molar-refractivity contribution in [1.82, 2.24) is 24.1 Å². The van der Waals surface area contributed by atoms with E-state index in [1.807, 2.05) is 34.6 Å². The number of aromatic nitrogens is 5. The molecule has 0 aliphatic heterocycles. The summed E-state index contributed by atoms with van der Waals surface area (Å²) in [5.41, 5.74) is 2.03. The van der Waals surface area contributed by atoms with Gasteiger partial charge < -0.3 is 9.88 Å². The Bertz CT molecular complexity index is 696. The average molecular weight is 256 g/mol. The van der Waals surface area contributed by atoms with E-state index in [0.717, 1.165) is 30.3 Å². The number of pyridine rings is 1. The van der Waals surface area contributed by atoms with Crippen LogP contribution in [0.5, 0.6) is 0 Å². The lowest BCUT2D eigenvalue weighted by atomic mass is 10.3. The molecule has 6 heteroatoms. The van der Waals surface area contributed by atoms with Gasteiger partial charge in [-0.25, -0.2) is 9.97 Å². The van der Waals surface area contributed by atoms with Crippen LogP contribution >= 0.6 is 0 Å². The van der Waals surface area contributed by atoms with Crippen molar-refractivity contribution in [1.29, 1.82) is 0 Å². The number of rotatable bonds is 4. The lowest BCUT2D eigenvalue weighted by Gasteiger charge is -2.09. The lowest BCUT2D eigenvalue weighted by molar-refractivity contribution is 0.785. The Morgan fingerprint density at radius 2 is 2.16 bits per heavy atom. The van der Waals surface area contributed by atoms with Crippen LogP contribution in [-0.4, -0.2) is 30.7 Å². The average Bonchev–Trinajstić information content (AvgIpc) is 2.98. The molecule has 3 rings (SSSR count). The van der Waals surface area contributed by atoms with Crippen LogP contribution in [0.1, 0.15) is 11.4 Å². The highest BCUT2D eigenvalue weighted by Crippen LogP contribution is 2.13. The molecule has 0 atom stereocenters. The van der Waals surface area contributed by atoms with Crippen molar-refractivity contribution >= 4 is 11.5 Å². The predicted molar refractivity (Wildman–Crippen MR) is 73.1 cm³/mol. The summed E-state index contributed by atoms with van der Waals surface area (Å²) in [6.07, 6.45) is 6.21. The van der Waals surface area contributed by atoms with E-state index in [9.17, 15) is 0 Å². The fourth-order valence-corrected chi connectivity index (χ4v) is 2.12. The van der Waals surface area contributed by atoms with Crippen LogP contribution in [0.15, 0.2) is 30.9 Å². The summed E-state index contributed by atoms with van der Waals surface area (Å²) in [6, 6.07) is 4.08. The van der Waals surface area contributed by atoms with Gasteiger partial charge in [0.25, 0.3) is 0 Å². The highest BCUT2D eigenvalue weighted by Gasteiger charge is 2.04. The maximum Gasteiger partial charge on any atom is 0.157 e. The van der Waals surface area contributed by atoms with Crippen LogP contribution in [0, 0.1) is 6.92 Å². The molecule has 0 bridgehead atoms. The van der Waals surface area contributed by atoms with Crippen LogP contribution in [0.3, 0.4) is 0 Å². The maximum atomic E-state index is 4.31. The van der Waals surface area contributed by atoms with Gasteiger partial charge in [0.15, 0.2) is 5.65 Å². The molecule has 0 radical (unpaired) electrons. The highest BCUT2D eigenvalue weighted by molar-refractivity contribution is 5.51. The van der Waals surface area contributed by atoms with Crippen molar-refractivity contribution in [3.8, 4) is 0 Å². The minimum absolute atomic E-state index is 0.809. The molecular weight excluding hydrogens is 240 g/mol. The van der Waals surface area contributed by atoms with Gasteiger partial charge in [0.1, 0.15) is 18.0 Å². The Balaban J connectivity index is 1.75. The fraction of sp³-hybridized carbons (Fsp3) is 0.308. The molecule has 0 aromatic carbocycles. The number of hydrogen-bond acceptors (Lipinski definition) is 4. The molecule has 19 heavy (non-hydrogen) atoms. The van der Waals surface area contributed by atoms with Crippen molar-refractivity contribution in [3.63, 3.8) is 0 Å². The molecule has 0 saturated heterocycles. The first-order valence-corrected chi connectivity index (χ1v) is 6.24. The molecule has 0 amide bonds. The third kappa shape index (κ3) is 2.29. The van der Waals surface area contributed by atoms with Gasteiger partial charge in [-0.15, -0.1) is 0 Å². The SMILES string of the molecule is Cc1cc(NCCc2nccn2C)n2ncnc2c1. The van der Waals surface area contributed by atoms with Gasteiger partial charge in [-0.2, -0.15) is 9.61 Å². The van der Waals surface area contributed by atoms with Gasteiger partial charge in [-0.1, -0.05) is 0 Å². The van der Waals surface area contributed by atoms with Crippen LogP contribution in [0.25, 0.3) is 5.65 Å². The number of fused-ring (bicyclic) bond motifs is 1. The van der Waals surface area contributed by atoms with Gasteiger partial charge in [0, 0.05) is 32.4 Å². The van der Waals surface area contributed by atoms with E-state index in [0.29, 0.717) is 0 Å². The maximum absolute atomic E-state index is 4.31. The molecule has 0 saturated carbocycles. The zero-order valence-electron chi connectivity index (χ0n) is 11.0. The topological polar surface area (TPSA) is 60.0 Å². The van der Waals surface area contributed by atoms with Crippen LogP contribution in [0.4, 0.5) is 5.82 Å². The second-order valence-electron chi connectivity index (χ2n) is 4.58. The molecule has 0 aliphatic carbocycles. The normalized spacial score (nSPS) is 11.1. The van der Waals surface area contributed by atoms with Crippen molar-refractivity contribution in [3.05, 3.63) is 42.2 Å². The fourth-order valence-electron chi connectivity index (χ4n) is 2.12. The monoisotopic (exact) mass is 256 g/mol. The predicted octanol–water partition coefficient (Wildman–Crippen LogP) is 1.43. The third-order valence-corrected chi connectivity index (χ3v) is 3.10. The van der Waals surface area contributed by atoms with Crippen molar-refractivity contribution in [2.75, 3.05) is 11.9 Å². The van der Waals surface area contributed by atoms with Crippen LogP contribution < -0.4 is 5.32 Å². The first-order chi connectivity index (χ1) is 9.24. The molecule has 3 heterocycles. The highest BCUT2D eigenvalue weighted by atomic mass is 15.3. The number of aryl methyl sites for hydroxylation is 2. The standard InChI is InChI=1S/C13H16N6/c1-10-7-12(19-13(8-10)16-9-17-19)14-4-3-11-15-5-6-18(11)2/h5-9,14H,3-4H2,1-2H3. The lowest BCUT2D eigenvalue weighted by Crippen LogP contribution is -2.11. The minimum Gasteiger partial charge on any atom is -0.369 e. The Morgan fingerprint density at radius 3 is 2.95 bits per heavy atom. The van der Waals surface area contributed by atoms with Gasteiger partial charge in [0.05, 0.1) is 0 Å². The largest absolute Gasteiger partial charge is 0.369 e. The van der Waals surface area contributed by atoms with Gasteiger partial charge in [-0.3, -0.25) is 0 Å². The van der Waals surface area contributed by atoms with Gasteiger partial charge in [-0.05, 0) is 24.6 Å². The smallest absolute Gasteiger partial charge is 0.157 e. The van der Waals surface area contributed by atoms with E-state index < -0.39 is 0 Å². The zero-order valence-corrected chi connectivity index (χ0v) is 11.0. The molecule has 0 spiro atoms. The van der Waals surface area contributed by atoms with Gasteiger partial charge >= 0.3 is 0 Å². The van der Waals surface area contributed by atoms with E-state index in [2.05, 4.69) is 33.4 Å². The minimum atomic E-state index is 0.809. The molecule has 6 nitrogen and oxygen atoms in total.